The smallest absolute Gasteiger partial charge is 0.237 e. The van der Waals surface area contributed by atoms with Crippen molar-refractivity contribution in [1.29, 1.82) is 0 Å². The summed E-state index contributed by atoms with van der Waals surface area (Å²) in [6, 6.07) is 7.36. The van der Waals surface area contributed by atoms with E-state index < -0.39 is 0 Å². The maximum Gasteiger partial charge on any atom is 0.237 e. The maximum absolute atomic E-state index is 12.9. The number of piperazine rings is 1. The topological polar surface area (TPSA) is 61.9 Å². The monoisotopic (exact) mass is 387 g/mol. The van der Waals surface area contributed by atoms with E-state index in [4.69, 9.17) is 4.74 Å². The van der Waals surface area contributed by atoms with E-state index in [0.717, 1.165) is 24.4 Å². The second-order valence-corrected chi connectivity index (χ2v) is 8.07. The Bertz CT molecular complexity index is 673. The van der Waals surface area contributed by atoms with E-state index >= 15 is 0 Å². The molecule has 0 radical (unpaired) electrons. The average Bonchev–Trinajstić information content (AvgIpc) is 2.71. The van der Waals surface area contributed by atoms with Crippen LogP contribution in [-0.4, -0.2) is 61.4 Å². The lowest BCUT2D eigenvalue weighted by Gasteiger charge is -2.38. The van der Waals surface area contributed by atoms with Crippen LogP contribution in [0.5, 0.6) is 5.75 Å². The fourth-order valence-corrected chi connectivity index (χ4v) is 4.40. The minimum absolute atomic E-state index is 0.0124. The highest BCUT2D eigenvalue weighted by Gasteiger charge is 2.33. The summed E-state index contributed by atoms with van der Waals surface area (Å²) in [4.78, 5) is 29.3. The van der Waals surface area contributed by atoms with Gasteiger partial charge < -0.3 is 15.0 Å². The Hall–Kier alpha value is -2.08. The zero-order valence-corrected chi connectivity index (χ0v) is 17.2. The third-order valence-electron chi connectivity index (χ3n) is 6.05. The fraction of sp³-hybridized carbons (Fsp3) is 0.636. The molecule has 1 aliphatic heterocycles. The Balaban J connectivity index is 1.61. The van der Waals surface area contributed by atoms with Gasteiger partial charge in [0.15, 0.2) is 0 Å². The van der Waals surface area contributed by atoms with Crippen LogP contribution in [0.3, 0.4) is 0 Å². The molecule has 28 heavy (non-hydrogen) atoms. The van der Waals surface area contributed by atoms with Gasteiger partial charge in [-0.1, -0.05) is 37.5 Å². The quantitative estimate of drug-likeness (QED) is 0.781. The second-order valence-electron chi connectivity index (χ2n) is 8.07. The molecular weight excluding hydrogens is 354 g/mol. The van der Waals surface area contributed by atoms with Crippen molar-refractivity contribution < 1.29 is 14.3 Å². The molecule has 0 bridgehead atoms. The molecule has 1 atom stereocenters. The van der Waals surface area contributed by atoms with Gasteiger partial charge in [-0.2, -0.15) is 0 Å². The van der Waals surface area contributed by atoms with Crippen molar-refractivity contribution in [3.8, 4) is 5.75 Å². The number of carbonyl (C=O) groups excluding carboxylic acids is 2. The predicted octanol–water partition coefficient (Wildman–Crippen LogP) is 2.42. The third kappa shape index (κ3) is 5.25. The molecule has 6 heteroatoms. The van der Waals surface area contributed by atoms with E-state index in [-0.39, 0.29) is 24.3 Å². The highest BCUT2D eigenvalue weighted by atomic mass is 16.5. The molecule has 1 aliphatic carbocycles. The summed E-state index contributed by atoms with van der Waals surface area (Å²) in [7, 11) is 3.43. The summed E-state index contributed by atoms with van der Waals surface area (Å²) in [5, 5.41) is 2.94. The Labute approximate surface area is 168 Å². The minimum atomic E-state index is -0.358. The largest absolute Gasteiger partial charge is 0.496 e. The zero-order chi connectivity index (χ0) is 19.9. The van der Waals surface area contributed by atoms with Gasteiger partial charge in [0.1, 0.15) is 5.75 Å². The van der Waals surface area contributed by atoms with Gasteiger partial charge in [0.25, 0.3) is 0 Å². The minimum Gasteiger partial charge on any atom is -0.496 e. The normalized spacial score (nSPS) is 21.2. The molecule has 154 valence electrons. The molecule has 0 spiro atoms. The number of nitrogens with one attached hydrogen (secondary N) is 1. The molecule has 1 aromatic rings. The molecule has 1 N–H and O–H groups in total. The lowest BCUT2D eigenvalue weighted by Crippen LogP contribution is -2.57. The van der Waals surface area contributed by atoms with E-state index in [1.165, 1.54) is 32.1 Å². The number of para-hydroxylation sites is 1. The number of nitrogens with zero attached hydrogens (tertiary/aromatic N) is 2. The van der Waals surface area contributed by atoms with Crippen molar-refractivity contribution in [2.75, 3.05) is 33.8 Å². The van der Waals surface area contributed by atoms with Crippen molar-refractivity contribution >= 4 is 11.8 Å². The van der Waals surface area contributed by atoms with Gasteiger partial charge in [-0.25, -0.2) is 0 Å². The lowest BCUT2D eigenvalue weighted by molar-refractivity contribution is -0.138. The third-order valence-corrected chi connectivity index (χ3v) is 6.05. The Morgan fingerprint density at radius 2 is 2.00 bits per heavy atom. The molecule has 0 aromatic heterocycles. The first-order valence-electron chi connectivity index (χ1n) is 10.5. The Morgan fingerprint density at radius 1 is 1.25 bits per heavy atom. The van der Waals surface area contributed by atoms with Crippen molar-refractivity contribution in [3.05, 3.63) is 29.8 Å². The van der Waals surface area contributed by atoms with Crippen LogP contribution in [0.1, 0.15) is 44.1 Å². The number of rotatable bonds is 7. The first-order valence-corrected chi connectivity index (χ1v) is 10.5. The second kappa shape index (κ2) is 9.92. The van der Waals surface area contributed by atoms with Crippen LogP contribution in [0.4, 0.5) is 0 Å². The van der Waals surface area contributed by atoms with E-state index in [1.807, 2.05) is 24.3 Å². The Morgan fingerprint density at radius 3 is 2.75 bits per heavy atom. The van der Waals surface area contributed by atoms with Crippen LogP contribution < -0.4 is 10.1 Å². The van der Waals surface area contributed by atoms with Gasteiger partial charge in [-0.3, -0.25) is 14.5 Å². The number of carbonyl (C=O) groups is 2. The van der Waals surface area contributed by atoms with Crippen LogP contribution in [0, 0.1) is 5.92 Å². The molecular formula is C22H33N3O3. The van der Waals surface area contributed by atoms with Crippen LogP contribution in [-0.2, 0) is 16.1 Å². The van der Waals surface area contributed by atoms with Gasteiger partial charge >= 0.3 is 0 Å². The molecule has 1 unspecified atom stereocenters. The lowest BCUT2D eigenvalue weighted by atomic mass is 9.88. The fourth-order valence-electron chi connectivity index (χ4n) is 4.40. The van der Waals surface area contributed by atoms with E-state index in [1.54, 1.807) is 19.1 Å². The summed E-state index contributed by atoms with van der Waals surface area (Å²) >= 11 is 0. The van der Waals surface area contributed by atoms with Crippen molar-refractivity contribution in [2.24, 2.45) is 5.92 Å². The first-order chi connectivity index (χ1) is 13.6. The van der Waals surface area contributed by atoms with Crippen LogP contribution >= 0.6 is 0 Å². The average molecular weight is 388 g/mol. The SMILES string of the molecule is COc1ccccc1CN(C)C(=O)CC1C(=O)NCCN1CC1CCCCC1. The maximum atomic E-state index is 12.9. The molecule has 1 saturated heterocycles. The number of hydrogen-bond donors (Lipinski definition) is 1. The van der Waals surface area contributed by atoms with E-state index in [2.05, 4.69) is 10.2 Å². The standard InChI is InChI=1S/C22H33N3O3/c1-24(16-18-10-6-7-11-20(18)28-2)21(26)14-19-22(27)23-12-13-25(19)15-17-8-4-3-5-9-17/h6-7,10-11,17,19H,3-5,8-9,12-16H2,1-2H3,(H,23,27). The van der Waals surface area contributed by atoms with Gasteiger partial charge in [0.2, 0.25) is 11.8 Å². The predicted molar refractivity (Wildman–Crippen MR) is 109 cm³/mol. The molecule has 2 amide bonds. The van der Waals surface area contributed by atoms with Crippen LogP contribution in [0.2, 0.25) is 0 Å². The summed E-state index contributed by atoms with van der Waals surface area (Å²) in [6.45, 7) is 2.91. The molecule has 1 saturated carbocycles. The molecule has 3 rings (SSSR count). The van der Waals surface area contributed by atoms with Crippen LogP contribution in [0.15, 0.2) is 24.3 Å². The zero-order valence-electron chi connectivity index (χ0n) is 17.2. The summed E-state index contributed by atoms with van der Waals surface area (Å²) in [5.74, 6) is 1.41. The van der Waals surface area contributed by atoms with E-state index in [9.17, 15) is 9.59 Å². The summed E-state index contributed by atoms with van der Waals surface area (Å²) < 4.78 is 5.38. The molecule has 6 nitrogen and oxygen atoms in total. The molecule has 2 fully saturated rings. The number of methoxy groups -OCH3 is 1. The molecule has 1 heterocycles. The highest BCUT2D eigenvalue weighted by Crippen LogP contribution is 2.26. The summed E-state index contributed by atoms with van der Waals surface area (Å²) in [6.07, 6.45) is 6.61. The van der Waals surface area contributed by atoms with Crippen molar-refractivity contribution in [3.63, 3.8) is 0 Å². The van der Waals surface area contributed by atoms with Crippen molar-refractivity contribution in [2.45, 2.75) is 51.1 Å². The number of hydrogen-bond acceptors (Lipinski definition) is 4. The first kappa shape index (κ1) is 20.6. The van der Waals surface area contributed by atoms with Gasteiger partial charge in [-0.05, 0) is 24.8 Å². The van der Waals surface area contributed by atoms with Gasteiger partial charge in [0.05, 0.1) is 19.6 Å². The van der Waals surface area contributed by atoms with Gasteiger partial charge in [-0.15, -0.1) is 0 Å². The van der Waals surface area contributed by atoms with Crippen molar-refractivity contribution in [1.82, 2.24) is 15.1 Å². The number of benzene rings is 1. The number of ether oxygens (including phenoxy) is 1. The number of amides is 2. The molecule has 2 aliphatic rings. The van der Waals surface area contributed by atoms with Gasteiger partial charge in [0, 0.05) is 38.8 Å². The highest BCUT2D eigenvalue weighted by molar-refractivity contribution is 5.88. The molecule has 1 aromatic carbocycles. The Kier molecular flexibility index (Phi) is 7.31. The van der Waals surface area contributed by atoms with Crippen LogP contribution in [0.25, 0.3) is 0 Å². The van der Waals surface area contributed by atoms with E-state index in [0.29, 0.717) is 19.0 Å². The summed E-state index contributed by atoms with van der Waals surface area (Å²) in [5.41, 5.74) is 0.966.